The number of aryl methyl sites for hydroxylation is 2. The number of rotatable bonds is 4. The highest BCUT2D eigenvalue weighted by Gasteiger charge is 2.12. The van der Waals surface area contributed by atoms with Gasteiger partial charge >= 0.3 is 0 Å². The standard InChI is InChI=1S/C15H14N2OS.C15H12N2OS.CH2Cl2/c2*1-9-6-12-13(19-2)7-10(8-18)17-15(12)14-11(9)4-3-5-16-14;2-1-3/h3-7,18H,8H2,1-2H3;3-8H,1-2H3;1H2. The highest BCUT2D eigenvalue weighted by Crippen LogP contribution is 2.33. The van der Waals surface area contributed by atoms with Gasteiger partial charge < -0.3 is 5.11 Å². The molecule has 0 spiro atoms. The molecule has 4 heterocycles. The van der Waals surface area contributed by atoms with Crippen molar-refractivity contribution < 1.29 is 9.90 Å². The van der Waals surface area contributed by atoms with Crippen LogP contribution in [0.4, 0.5) is 0 Å². The molecule has 0 saturated carbocycles. The first kappa shape index (κ1) is 30.9. The quantitative estimate of drug-likeness (QED) is 0.0907. The van der Waals surface area contributed by atoms with Gasteiger partial charge in [0, 0.05) is 43.7 Å². The van der Waals surface area contributed by atoms with Gasteiger partial charge in [-0.1, -0.05) is 12.1 Å². The molecule has 0 unspecified atom stereocenters. The Balaban J connectivity index is 0.000000173. The minimum absolute atomic E-state index is 0.0499. The Morgan fingerprint density at radius 3 is 1.71 bits per heavy atom. The zero-order valence-electron chi connectivity index (χ0n) is 23.0. The molecule has 10 heteroatoms. The predicted molar refractivity (Wildman–Crippen MR) is 175 cm³/mol. The van der Waals surface area contributed by atoms with Crippen LogP contribution in [0.15, 0.2) is 70.7 Å². The lowest BCUT2D eigenvalue weighted by Gasteiger charge is -2.10. The fourth-order valence-corrected chi connectivity index (χ4v) is 5.91. The maximum absolute atomic E-state index is 11.0. The predicted octanol–water partition coefficient (Wildman–Crippen LogP) is 8.35. The first-order valence-electron chi connectivity index (χ1n) is 12.5. The van der Waals surface area contributed by atoms with Gasteiger partial charge in [-0.25, -0.2) is 9.97 Å². The third-order valence-electron chi connectivity index (χ3n) is 6.47. The molecule has 0 radical (unpaired) electrons. The van der Waals surface area contributed by atoms with Crippen LogP contribution in [-0.2, 0) is 6.61 Å². The van der Waals surface area contributed by atoms with E-state index in [0.717, 1.165) is 59.7 Å². The number of carbonyl (C=O) groups is 1. The van der Waals surface area contributed by atoms with Crippen molar-refractivity contribution in [3.05, 3.63) is 83.4 Å². The topological polar surface area (TPSA) is 88.9 Å². The van der Waals surface area contributed by atoms with Crippen molar-refractivity contribution in [2.24, 2.45) is 0 Å². The molecule has 0 aliphatic rings. The Morgan fingerprint density at radius 2 is 1.24 bits per heavy atom. The molecule has 0 aliphatic carbocycles. The van der Waals surface area contributed by atoms with Gasteiger partial charge in [0.2, 0.25) is 0 Å². The second-order valence-electron chi connectivity index (χ2n) is 8.92. The monoisotopic (exact) mass is 622 g/mol. The Kier molecular flexibility index (Phi) is 10.8. The fourth-order valence-electron chi connectivity index (χ4n) is 4.66. The highest BCUT2D eigenvalue weighted by atomic mass is 35.5. The summed E-state index contributed by atoms with van der Waals surface area (Å²) in [5.41, 5.74) is 6.95. The summed E-state index contributed by atoms with van der Waals surface area (Å²) in [5.74, 6) is 0. The number of carbonyl (C=O) groups excluding carboxylic acids is 1. The molecular weight excluding hydrogens is 595 g/mol. The minimum atomic E-state index is -0.0499. The Morgan fingerprint density at radius 1 is 0.756 bits per heavy atom. The van der Waals surface area contributed by atoms with Gasteiger partial charge in [0.15, 0.2) is 6.29 Å². The van der Waals surface area contributed by atoms with Crippen molar-refractivity contribution in [3.63, 3.8) is 0 Å². The number of hydrogen-bond acceptors (Lipinski definition) is 8. The highest BCUT2D eigenvalue weighted by molar-refractivity contribution is 7.99. The number of aliphatic hydroxyl groups is 1. The molecule has 6 rings (SSSR count). The van der Waals surface area contributed by atoms with Crippen LogP contribution in [0, 0.1) is 13.8 Å². The summed E-state index contributed by atoms with van der Waals surface area (Å²) >= 11 is 12.8. The van der Waals surface area contributed by atoms with E-state index < -0.39 is 0 Å². The molecule has 0 atom stereocenters. The molecular formula is C31H28Cl2N4O2S2. The van der Waals surface area contributed by atoms with E-state index in [0.29, 0.717) is 11.4 Å². The molecule has 0 amide bonds. The minimum Gasteiger partial charge on any atom is -0.390 e. The summed E-state index contributed by atoms with van der Waals surface area (Å²) in [6, 6.07) is 16.0. The van der Waals surface area contributed by atoms with Crippen LogP contribution < -0.4 is 0 Å². The van der Waals surface area contributed by atoms with Crippen molar-refractivity contribution >= 4 is 96.6 Å². The first-order chi connectivity index (χ1) is 19.9. The number of hydrogen-bond donors (Lipinski definition) is 1. The summed E-state index contributed by atoms with van der Waals surface area (Å²) in [4.78, 5) is 31.1. The summed E-state index contributed by atoms with van der Waals surface area (Å²) in [7, 11) is 0. The summed E-state index contributed by atoms with van der Waals surface area (Å²) in [6.45, 7) is 4.11. The van der Waals surface area contributed by atoms with Crippen molar-refractivity contribution in [2.75, 3.05) is 17.9 Å². The van der Waals surface area contributed by atoms with Gasteiger partial charge in [-0.3, -0.25) is 14.8 Å². The lowest BCUT2D eigenvalue weighted by molar-refractivity contribution is 0.111. The number of alkyl halides is 2. The Labute approximate surface area is 256 Å². The van der Waals surface area contributed by atoms with E-state index >= 15 is 0 Å². The lowest BCUT2D eigenvalue weighted by Crippen LogP contribution is -1.95. The van der Waals surface area contributed by atoms with Crippen molar-refractivity contribution in [2.45, 2.75) is 30.2 Å². The SMILES string of the molecule is CSc1cc(C=O)nc2c1cc(C)c1cccnc12.CSc1cc(CO)nc2c1cc(C)c1cccnc12.ClCCl. The summed E-state index contributed by atoms with van der Waals surface area (Å²) in [6.07, 6.45) is 8.37. The first-order valence-corrected chi connectivity index (χ1v) is 16.1. The fraction of sp³-hybridized carbons (Fsp3) is 0.194. The third kappa shape index (κ3) is 6.58. The number of benzene rings is 2. The third-order valence-corrected chi connectivity index (χ3v) is 8.03. The zero-order chi connectivity index (χ0) is 29.5. The normalized spacial score (nSPS) is 10.8. The molecule has 4 aromatic heterocycles. The second-order valence-corrected chi connectivity index (χ2v) is 11.4. The molecule has 41 heavy (non-hydrogen) atoms. The van der Waals surface area contributed by atoms with Crippen LogP contribution in [0.5, 0.6) is 0 Å². The van der Waals surface area contributed by atoms with Gasteiger partial charge in [0.05, 0.1) is 39.7 Å². The van der Waals surface area contributed by atoms with Crippen LogP contribution in [0.2, 0.25) is 0 Å². The number of halogens is 2. The van der Waals surface area contributed by atoms with E-state index in [4.69, 9.17) is 23.2 Å². The van der Waals surface area contributed by atoms with E-state index in [1.165, 1.54) is 11.1 Å². The molecule has 0 bridgehead atoms. The molecule has 6 aromatic rings. The average Bonchev–Trinajstić information content (AvgIpc) is 3.01. The van der Waals surface area contributed by atoms with Crippen LogP contribution in [0.1, 0.15) is 27.3 Å². The summed E-state index contributed by atoms with van der Waals surface area (Å²) in [5, 5.41) is 13.9. The van der Waals surface area contributed by atoms with E-state index in [1.807, 2.05) is 42.8 Å². The molecule has 0 fully saturated rings. The second kappa shape index (κ2) is 14.2. The molecule has 2 aromatic carbocycles. The van der Waals surface area contributed by atoms with Crippen LogP contribution in [0.25, 0.3) is 43.6 Å². The smallest absolute Gasteiger partial charge is 0.168 e. The Bertz CT molecular complexity index is 1870. The molecule has 0 aliphatic heterocycles. The number of thioether (sulfide) groups is 2. The maximum atomic E-state index is 11.0. The number of aromatic nitrogens is 4. The van der Waals surface area contributed by atoms with Crippen molar-refractivity contribution in [3.8, 4) is 0 Å². The van der Waals surface area contributed by atoms with E-state index in [-0.39, 0.29) is 11.9 Å². The number of aldehydes is 1. The molecule has 1 N–H and O–H groups in total. The van der Waals surface area contributed by atoms with E-state index in [2.05, 4.69) is 52.0 Å². The number of nitrogens with zero attached hydrogens (tertiary/aromatic N) is 4. The summed E-state index contributed by atoms with van der Waals surface area (Å²) < 4.78 is 0. The zero-order valence-corrected chi connectivity index (χ0v) is 26.1. The largest absolute Gasteiger partial charge is 0.390 e. The van der Waals surface area contributed by atoms with Crippen LogP contribution >= 0.6 is 46.7 Å². The number of aliphatic hydroxyl groups excluding tert-OH is 1. The van der Waals surface area contributed by atoms with E-state index in [9.17, 15) is 9.90 Å². The van der Waals surface area contributed by atoms with Gasteiger partial charge in [0.1, 0.15) is 5.69 Å². The maximum Gasteiger partial charge on any atom is 0.168 e. The van der Waals surface area contributed by atoms with E-state index in [1.54, 1.807) is 35.9 Å². The van der Waals surface area contributed by atoms with Crippen molar-refractivity contribution in [1.82, 2.24) is 19.9 Å². The van der Waals surface area contributed by atoms with Crippen LogP contribution in [0.3, 0.4) is 0 Å². The molecule has 6 nitrogen and oxygen atoms in total. The molecule has 0 saturated heterocycles. The molecule has 210 valence electrons. The van der Waals surface area contributed by atoms with Gasteiger partial charge in [-0.2, -0.15) is 0 Å². The van der Waals surface area contributed by atoms with Gasteiger partial charge in [-0.05, 0) is 73.9 Å². The van der Waals surface area contributed by atoms with Gasteiger partial charge in [-0.15, -0.1) is 46.7 Å². The van der Waals surface area contributed by atoms with Gasteiger partial charge in [0.25, 0.3) is 0 Å². The van der Waals surface area contributed by atoms with Crippen LogP contribution in [-0.4, -0.2) is 49.2 Å². The number of fused-ring (bicyclic) bond motifs is 6. The lowest BCUT2D eigenvalue weighted by atomic mass is 10.0. The Hall–Kier alpha value is -3.01. The average molecular weight is 624 g/mol. The van der Waals surface area contributed by atoms with Crippen molar-refractivity contribution in [1.29, 1.82) is 0 Å². The number of pyridine rings is 4.